The van der Waals surface area contributed by atoms with Crippen LogP contribution in [0.5, 0.6) is 23.0 Å². The first kappa shape index (κ1) is 31.1. The van der Waals surface area contributed by atoms with Gasteiger partial charge in [0.1, 0.15) is 17.3 Å². The number of aliphatic hydroxyl groups excluding tert-OH is 4. The summed E-state index contributed by atoms with van der Waals surface area (Å²) in [5.41, 5.74) is 1.81. The lowest BCUT2D eigenvalue weighted by Crippen LogP contribution is -2.13. The van der Waals surface area contributed by atoms with Gasteiger partial charge in [-0.3, -0.25) is 0 Å². The molecule has 0 amide bonds. The number of benzene rings is 4. The van der Waals surface area contributed by atoms with Gasteiger partial charge in [0.05, 0.1) is 51.8 Å². The van der Waals surface area contributed by atoms with Crippen molar-refractivity contribution in [2.24, 2.45) is 0 Å². The van der Waals surface area contributed by atoms with E-state index in [0.717, 1.165) is 6.07 Å². The number of methoxy groups -OCH3 is 2. The van der Waals surface area contributed by atoms with E-state index in [1.165, 1.54) is 62.8 Å². The molecule has 0 atom stereocenters. The lowest BCUT2D eigenvalue weighted by Gasteiger charge is -2.14. The van der Waals surface area contributed by atoms with E-state index in [0.29, 0.717) is 22.4 Å². The molecule has 0 bridgehead atoms. The number of hydrogen-bond acceptors (Lipinski definition) is 10. The van der Waals surface area contributed by atoms with E-state index in [4.69, 9.17) is 18.9 Å². The molecule has 0 aliphatic rings. The van der Waals surface area contributed by atoms with Crippen LogP contribution in [0.3, 0.4) is 0 Å². The number of carbonyl (C=O) groups excluding carboxylic acids is 2. The molecular formula is C32H29FO10. The Morgan fingerprint density at radius 2 is 1.09 bits per heavy atom. The van der Waals surface area contributed by atoms with Gasteiger partial charge >= 0.3 is 11.9 Å². The zero-order valence-corrected chi connectivity index (χ0v) is 23.3. The molecule has 0 unspecified atom stereocenters. The molecule has 0 saturated heterocycles. The van der Waals surface area contributed by atoms with Crippen LogP contribution in [0.4, 0.5) is 4.39 Å². The first-order valence-corrected chi connectivity index (χ1v) is 12.9. The maximum Gasteiger partial charge on any atom is 0.344 e. The Morgan fingerprint density at radius 3 is 1.65 bits per heavy atom. The van der Waals surface area contributed by atoms with Crippen molar-refractivity contribution in [2.45, 2.75) is 26.4 Å². The summed E-state index contributed by atoms with van der Waals surface area (Å²) >= 11 is 0. The lowest BCUT2D eigenvalue weighted by molar-refractivity contribution is 0.0721. The highest BCUT2D eigenvalue weighted by molar-refractivity contribution is 5.94. The second-order valence-electron chi connectivity index (χ2n) is 9.22. The maximum atomic E-state index is 15.1. The topological polar surface area (TPSA) is 152 Å². The molecule has 0 spiro atoms. The van der Waals surface area contributed by atoms with Crippen LogP contribution < -0.4 is 18.9 Å². The van der Waals surface area contributed by atoms with Crippen molar-refractivity contribution in [3.63, 3.8) is 0 Å². The van der Waals surface area contributed by atoms with Crippen LogP contribution in [0.2, 0.25) is 0 Å². The normalized spacial score (nSPS) is 10.8. The molecule has 43 heavy (non-hydrogen) atoms. The second kappa shape index (κ2) is 13.9. The molecule has 4 rings (SSSR count). The van der Waals surface area contributed by atoms with Crippen molar-refractivity contribution in [1.29, 1.82) is 0 Å². The summed E-state index contributed by atoms with van der Waals surface area (Å²) in [4.78, 5) is 25.6. The first-order valence-electron chi connectivity index (χ1n) is 12.9. The summed E-state index contributed by atoms with van der Waals surface area (Å²) in [6.07, 6.45) is 0. The minimum atomic E-state index is -0.875. The smallest absolute Gasteiger partial charge is 0.344 e. The number of hydrogen-bond donors (Lipinski definition) is 4. The number of esters is 2. The molecule has 224 valence electrons. The predicted molar refractivity (Wildman–Crippen MR) is 151 cm³/mol. The third-order valence-electron chi connectivity index (χ3n) is 6.68. The monoisotopic (exact) mass is 592 g/mol. The molecule has 10 nitrogen and oxygen atoms in total. The Hall–Kier alpha value is -4.81. The first-order chi connectivity index (χ1) is 20.8. The van der Waals surface area contributed by atoms with E-state index >= 15 is 4.39 Å². The van der Waals surface area contributed by atoms with E-state index in [1.807, 2.05) is 0 Å². The lowest BCUT2D eigenvalue weighted by atomic mass is 9.99. The van der Waals surface area contributed by atoms with Gasteiger partial charge < -0.3 is 39.4 Å². The van der Waals surface area contributed by atoms with Gasteiger partial charge in [-0.15, -0.1) is 0 Å². The van der Waals surface area contributed by atoms with Crippen molar-refractivity contribution in [1.82, 2.24) is 0 Å². The van der Waals surface area contributed by atoms with Gasteiger partial charge in [-0.25, -0.2) is 14.0 Å². The molecule has 4 N–H and O–H groups in total. The summed E-state index contributed by atoms with van der Waals surface area (Å²) in [6, 6.07) is 15.5. The maximum absolute atomic E-state index is 15.1. The number of aliphatic hydroxyl groups is 4. The van der Waals surface area contributed by atoms with E-state index in [2.05, 4.69) is 0 Å². The van der Waals surface area contributed by atoms with Crippen molar-refractivity contribution < 1.29 is 53.4 Å². The average Bonchev–Trinajstić information content (AvgIpc) is 3.03. The van der Waals surface area contributed by atoms with Crippen LogP contribution in [0.25, 0.3) is 11.1 Å². The van der Waals surface area contributed by atoms with Gasteiger partial charge in [0.15, 0.2) is 11.5 Å². The minimum Gasteiger partial charge on any atom is -0.493 e. The third kappa shape index (κ3) is 6.82. The largest absolute Gasteiger partial charge is 0.493 e. The van der Waals surface area contributed by atoms with Crippen LogP contribution in [0.1, 0.15) is 43.0 Å². The number of ether oxygens (including phenoxy) is 4. The molecular weight excluding hydrogens is 563 g/mol. The van der Waals surface area contributed by atoms with Crippen LogP contribution in [-0.4, -0.2) is 46.6 Å². The Labute approximate surface area is 246 Å². The standard InChI is InChI=1S/C32H29FO10/c1-40-29-11-22(17-37)27(13-30(29)41-2)32(39)42-23-5-3-18(4-6-23)25-8-7-24(12-28(25)33)43-31(38)26-10-20(15-35)19(14-34)9-21(26)16-36/h3-13,34-37H,14-17H2,1-2H3. The van der Waals surface area contributed by atoms with Crippen LogP contribution in [-0.2, 0) is 26.4 Å². The van der Waals surface area contributed by atoms with Crippen LogP contribution in [0, 0.1) is 5.82 Å². The Bertz CT molecular complexity index is 1630. The highest BCUT2D eigenvalue weighted by Crippen LogP contribution is 2.32. The predicted octanol–water partition coefficient (Wildman–Crippen LogP) is 3.92. The van der Waals surface area contributed by atoms with Gasteiger partial charge in [0, 0.05) is 11.6 Å². The molecule has 11 heteroatoms. The number of rotatable bonds is 11. The van der Waals surface area contributed by atoms with Crippen molar-refractivity contribution >= 4 is 11.9 Å². The highest BCUT2D eigenvalue weighted by atomic mass is 19.1. The molecule has 0 saturated carbocycles. The van der Waals surface area contributed by atoms with E-state index < -0.39 is 44.2 Å². The Kier molecular flexibility index (Phi) is 10.1. The van der Waals surface area contributed by atoms with E-state index in [-0.39, 0.29) is 45.1 Å². The van der Waals surface area contributed by atoms with Gasteiger partial charge in [0.25, 0.3) is 0 Å². The third-order valence-corrected chi connectivity index (χ3v) is 6.68. The molecule has 0 aliphatic heterocycles. The van der Waals surface area contributed by atoms with Gasteiger partial charge in [-0.2, -0.15) is 0 Å². The number of carbonyl (C=O) groups is 2. The summed E-state index contributed by atoms with van der Waals surface area (Å²) in [6.45, 7) is -1.78. The second-order valence-corrected chi connectivity index (χ2v) is 9.22. The van der Waals surface area contributed by atoms with Crippen molar-refractivity contribution in [3.05, 3.63) is 106 Å². The summed E-state index contributed by atoms with van der Waals surface area (Å²) in [5.74, 6) is -1.59. The van der Waals surface area contributed by atoms with Gasteiger partial charge in [0.2, 0.25) is 0 Å². The number of halogens is 1. The van der Waals surface area contributed by atoms with Gasteiger partial charge in [-0.05, 0) is 76.3 Å². The fourth-order valence-corrected chi connectivity index (χ4v) is 4.42. The molecule has 0 heterocycles. The van der Waals surface area contributed by atoms with Crippen LogP contribution in [0.15, 0.2) is 66.7 Å². The summed E-state index contributed by atoms with van der Waals surface area (Å²) < 4.78 is 36.3. The minimum absolute atomic E-state index is 0.0300. The Balaban J connectivity index is 1.50. The van der Waals surface area contributed by atoms with E-state index in [9.17, 15) is 30.0 Å². The molecule has 0 fully saturated rings. The van der Waals surface area contributed by atoms with Gasteiger partial charge in [-0.1, -0.05) is 12.1 Å². The molecule has 0 radical (unpaired) electrons. The molecule has 0 aliphatic carbocycles. The molecule has 4 aromatic rings. The fraction of sp³-hybridized carbons (Fsp3) is 0.188. The van der Waals surface area contributed by atoms with Crippen molar-refractivity contribution in [3.8, 4) is 34.1 Å². The summed E-state index contributed by atoms with van der Waals surface area (Å²) in [5, 5.41) is 38.3. The van der Waals surface area contributed by atoms with E-state index in [1.54, 1.807) is 12.1 Å². The molecule has 0 aromatic heterocycles. The molecule has 4 aromatic carbocycles. The van der Waals surface area contributed by atoms with Crippen molar-refractivity contribution in [2.75, 3.05) is 14.2 Å². The SMILES string of the molecule is COc1cc(CO)c(C(=O)Oc2ccc(-c3ccc(OC(=O)c4cc(CO)c(CO)cc4CO)cc3F)cc2)cc1OC. The van der Waals surface area contributed by atoms with Crippen LogP contribution >= 0.6 is 0 Å². The zero-order chi connectivity index (χ0) is 31.1. The zero-order valence-electron chi connectivity index (χ0n) is 23.3. The Morgan fingerprint density at radius 1 is 0.605 bits per heavy atom. The quantitative estimate of drug-likeness (QED) is 0.149. The fourth-order valence-electron chi connectivity index (χ4n) is 4.42. The summed E-state index contributed by atoms with van der Waals surface area (Å²) in [7, 11) is 2.85. The average molecular weight is 593 g/mol. The highest BCUT2D eigenvalue weighted by Gasteiger charge is 2.20.